The van der Waals surface area contributed by atoms with Crippen molar-refractivity contribution in [1.29, 1.82) is 0 Å². The molecule has 0 aromatic heterocycles. The molecule has 178 valence electrons. The zero-order chi connectivity index (χ0) is 23.9. The molecule has 2 aliphatic carbocycles. The van der Waals surface area contributed by atoms with E-state index in [1.54, 1.807) is 0 Å². The molecule has 1 fully saturated rings. The van der Waals surface area contributed by atoms with Crippen molar-refractivity contribution in [3.05, 3.63) is 63.7 Å². The Labute approximate surface area is 187 Å². The van der Waals surface area contributed by atoms with Gasteiger partial charge in [-0.2, -0.15) is 0 Å². The van der Waals surface area contributed by atoms with E-state index in [9.17, 15) is 22.0 Å². The molecular weight excluding hydrogens is 449 g/mol. The Bertz CT molecular complexity index is 1060. The third kappa shape index (κ3) is 4.89. The van der Waals surface area contributed by atoms with Gasteiger partial charge in [-0.05, 0) is 90.8 Å². The van der Waals surface area contributed by atoms with E-state index in [2.05, 4.69) is 11.7 Å². The van der Waals surface area contributed by atoms with Gasteiger partial charge in [-0.15, -0.1) is 13.2 Å². The summed E-state index contributed by atoms with van der Waals surface area (Å²) in [5.74, 6) is -5.31. The van der Waals surface area contributed by atoms with Crippen LogP contribution in [0.25, 0.3) is 11.6 Å². The van der Waals surface area contributed by atoms with Gasteiger partial charge in [0.2, 0.25) is 5.75 Å². The molecule has 0 N–H and O–H groups in total. The summed E-state index contributed by atoms with van der Waals surface area (Å²) in [5, 5.41) is 0. The fourth-order valence-electron chi connectivity index (χ4n) is 5.01. The van der Waals surface area contributed by atoms with Crippen LogP contribution >= 0.6 is 0 Å². The number of hydrogen-bond donors (Lipinski definition) is 0. The number of ether oxygens (including phenoxy) is 1. The molecule has 2 aliphatic rings. The monoisotopic (exact) mass is 472 g/mol. The van der Waals surface area contributed by atoms with Gasteiger partial charge in [-0.3, -0.25) is 0 Å². The molecule has 0 atom stereocenters. The lowest BCUT2D eigenvalue weighted by atomic mass is 9.77. The third-order valence-corrected chi connectivity index (χ3v) is 6.78. The lowest BCUT2D eigenvalue weighted by Crippen LogP contribution is -2.20. The standard InChI is InChI=1S/C25H23F7O/c1-2-13-3-5-14(6-4-13)16-10-19(26)22(20(27)11-16)15-7-8-18-17(9-15)12-21(28)24(23(18)29)33-25(30,31)32/h9-14H,2-8H2,1H3. The normalized spacial score (nSPS) is 20.9. The van der Waals surface area contributed by atoms with Gasteiger partial charge in [0.05, 0.1) is 0 Å². The van der Waals surface area contributed by atoms with Crippen molar-refractivity contribution in [3.8, 4) is 5.75 Å². The predicted molar refractivity (Wildman–Crippen MR) is 111 cm³/mol. The SMILES string of the molecule is CCC1CCC(c2cc(F)c(C3=Cc4cc(F)c(OC(F)(F)F)c(F)c4CC3)c(F)c2)CC1. The summed E-state index contributed by atoms with van der Waals surface area (Å²) >= 11 is 0. The molecule has 0 amide bonds. The highest BCUT2D eigenvalue weighted by Gasteiger charge is 2.35. The second kappa shape index (κ2) is 9.03. The van der Waals surface area contributed by atoms with E-state index in [0.29, 0.717) is 17.5 Å². The number of rotatable bonds is 4. The molecule has 0 saturated heterocycles. The van der Waals surface area contributed by atoms with E-state index in [1.807, 2.05) is 0 Å². The fraction of sp³-hybridized carbons (Fsp3) is 0.440. The van der Waals surface area contributed by atoms with E-state index in [-0.39, 0.29) is 41.0 Å². The Balaban J connectivity index is 1.65. The summed E-state index contributed by atoms with van der Waals surface area (Å²) in [5.41, 5.74) is 0.266. The Kier molecular flexibility index (Phi) is 6.47. The summed E-state index contributed by atoms with van der Waals surface area (Å²) in [6.45, 7) is 2.14. The van der Waals surface area contributed by atoms with Crippen LogP contribution in [-0.2, 0) is 6.42 Å². The topological polar surface area (TPSA) is 9.23 Å². The van der Waals surface area contributed by atoms with Crippen LogP contribution in [0.4, 0.5) is 30.7 Å². The summed E-state index contributed by atoms with van der Waals surface area (Å²) in [6, 6.07) is 3.34. The highest BCUT2D eigenvalue weighted by molar-refractivity contribution is 5.85. The zero-order valence-electron chi connectivity index (χ0n) is 18.0. The van der Waals surface area contributed by atoms with Crippen LogP contribution in [0.5, 0.6) is 5.75 Å². The Morgan fingerprint density at radius 3 is 2.09 bits per heavy atom. The van der Waals surface area contributed by atoms with Gasteiger partial charge in [0.25, 0.3) is 0 Å². The quantitative estimate of drug-likeness (QED) is 0.407. The first-order valence-electron chi connectivity index (χ1n) is 11.0. The maximum Gasteiger partial charge on any atom is 0.573 e. The van der Waals surface area contributed by atoms with Crippen LogP contribution in [0.15, 0.2) is 18.2 Å². The Morgan fingerprint density at radius 2 is 1.52 bits per heavy atom. The molecule has 8 heteroatoms. The van der Waals surface area contributed by atoms with Gasteiger partial charge in [0, 0.05) is 5.56 Å². The molecule has 0 unspecified atom stereocenters. The molecule has 33 heavy (non-hydrogen) atoms. The Morgan fingerprint density at radius 1 is 0.879 bits per heavy atom. The van der Waals surface area contributed by atoms with E-state index in [4.69, 9.17) is 0 Å². The lowest BCUT2D eigenvalue weighted by molar-refractivity contribution is -0.276. The number of benzene rings is 2. The van der Waals surface area contributed by atoms with Crippen molar-refractivity contribution in [2.24, 2.45) is 5.92 Å². The van der Waals surface area contributed by atoms with Crippen LogP contribution in [0.3, 0.4) is 0 Å². The second-order valence-electron chi connectivity index (χ2n) is 8.77. The maximum absolute atomic E-state index is 15.0. The van der Waals surface area contributed by atoms with Crippen molar-refractivity contribution in [2.75, 3.05) is 0 Å². The van der Waals surface area contributed by atoms with Gasteiger partial charge in [0.1, 0.15) is 11.6 Å². The van der Waals surface area contributed by atoms with E-state index < -0.39 is 35.4 Å². The summed E-state index contributed by atoms with van der Waals surface area (Å²) in [6.07, 6.45) is 0.664. The fourth-order valence-corrected chi connectivity index (χ4v) is 5.01. The summed E-state index contributed by atoms with van der Waals surface area (Å²) in [4.78, 5) is 0. The van der Waals surface area contributed by atoms with Crippen molar-refractivity contribution < 1.29 is 35.5 Å². The average Bonchev–Trinajstić information content (AvgIpc) is 2.75. The minimum Gasteiger partial charge on any atom is -0.399 e. The highest BCUT2D eigenvalue weighted by atomic mass is 19.4. The maximum atomic E-state index is 15.0. The molecule has 0 aliphatic heterocycles. The van der Waals surface area contributed by atoms with Crippen LogP contribution < -0.4 is 4.74 Å². The van der Waals surface area contributed by atoms with Crippen molar-refractivity contribution >= 4 is 11.6 Å². The first-order valence-corrected chi connectivity index (χ1v) is 11.0. The van der Waals surface area contributed by atoms with E-state index >= 15 is 8.78 Å². The molecule has 0 heterocycles. The van der Waals surface area contributed by atoms with Gasteiger partial charge in [0.15, 0.2) is 11.6 Å². The number of halogens is 7. The van der Waals surface area contributed by atoms with Gasteiger partial charge in [-0.1, -0.05) is 19.4 Å². The van der Waals surface area contributed by atoms with Gasteiger partial charge >= 0.3 is 6.36 Å². The molecule has 1 saturated carbocycles. The van der Waals surface area contributed by atoms with Crippen LogP contribution in [-0.4, -0.2) is 6.36 Å². The summed E-state index contributed by atoms with van der Waals surface area (Å²) < 4.78 is 99.5. The lowest BCUT2D eigenvalue weighted by Gasteiger charge is -2.28. The highest BCUT2D eigenvalue weighted by Crippen LogP contribution is 2.41. The third-order valence-electron chi connectivity index (χ3n) is 6.78. The average molecular weight is 472 g/mol. The molecule has 2 aromatic rings. The second-order valence-corrected chi connectivity index (χ2v) is 8.77. The molecule has 1 nitrogen and oxygen atoms in total. The zero-order valence-corrected chi connectivity index (χ0v) is 18.0. The van der Waals surface area contributed by atoms with Crippen LogP contribution in [0.1, 0.15) is 73.6 Å². The molecule has 4 rings (SSSR count). The molecule has 2 aromatic carbocycles. The molecule has 0 spiro atoms. The molecule has 0 bridgehead atoms. The first-order chi connectivity index (χ1) is 15.6. The number of fused-ring (bicyclic) bond motifs is 1. The van der Waals surface area contributed by atoms with E-state index in [1.165, 1.54) is 18.2 Å². The molecular formula is C25H23F7O. The van der Waals surface area contributed by atoms with Gasteiger partial charge in [-0.25, -0.2) is 17.6 Å². The number of hydrogen-bond acceptors (Lipinski definition) is 1. The predicted octanol–water partition coefficient (Wildman–Crippen LogP) is 8.31. The van der Waals surface area contributed by atoms with Crippen molar-refractivity contribution in [3.63, 3.8) is 0 Å². The molecule has 0 radical (unpaired) electrons. The smallest absolute Gasteiger partial charge is 0.399 e. The van der Waals surface area contributed by atoms with Crippen LogP contribution in [0, 0.1) is 29.2 Å². The summed E-state index contributed by atoms with van der Waals surface area (Å²) in [7, 11) is 0. The largest absolute Gasteiger partial charge is 0.573 e. The number of alkyl halides is 3. The van der Waals surface area contributed by atoms with E-state index in [0.717, 1.165) is 32.1 Å². The minimum absolute atomic E-state index is 0.0181. The number of allylic oxidation sites excluding steroid dienone is 1. The van der Waals surface area contributed by atoms with Crippen molar-refractivity contribution in [1.82, 2.24) is 0 Å². The minimum atomic E-state index is -5.25. The first kappa shape index (κ1) is 23.6. The van der Waals surface area contributed by atoms with Crippen LogP contribution in [0.2, 0.25) is 0 Å². The Hall–Kier alpha value is -2.51. The van der Waals surface area contributed by atoms with Crippen molar-refractivity contribution in [2.45, 2.75) is 64.1 Å². The van der Waals surface area contributed by atoms with Gasteiger partial charge < -0.3 is 4.74 Å².